The van der Waals surface area contributed by atoms with Gasteiger partial charge < -0.3 is 0 Å². The molecule has 0 N–H and O–H groups in total. The molecule has 0 aromatic carbocycles. The third-order valence-corrected chi connectivity index (χ3v) is 2.68. The van der Waals surface area contributed by atoms with Gasteiger partial charge in [-0.05, 0) is 36.8 Å². The van der Waals surface area contributed by atoms with E-state index >= 15 is 0 Å². The summed E-state index contributed by atoms with van der Waals surface area (Å²) in [6.07, 6.45) is 7.21. The molecule has 3 aromatic rings. The number of rotatable bonds is 2. The molecule has 3 heterocycles. The molecule has 3 rings (SSSR count). The highest BCUT2D eigenvalue weighted by molar-refractivity contribution is 5.52. The summed E-state index contributed by atoms with van der Waals surface area (Å²) >= 11 is 0. The lowest BCUT2D eigenvalue weighted by Gasteiger charge is -2.06. The van der Waals surface area contributed by atoms with Crippen LogP contribution < -0.4 is 0 Å². The van der Waals surface area contributed by atoms with Gasteiger partial charge in [-0.3, -0.25) is 9.55 Å². The van der Waals surface area contributed by atoms with Crippen LogP contribution in [0.5, 0.6) is 0 Å². The second-order valence-corrected chi connectivity index (χ2v) is 4.03. The first-order valence-corrected chi connectivity index (χ1v) is 5.72. The number of hydrogen-bond donors (Lipinski definition) is 0. The van der Waals surface area contributed by atoms with Crippen molar-refractivity contribution in [3.8, 4) is 17.3 Å². The van der Waals surface area contributed by atoms with Crippen LogP contribution in [0.3, 0.4) is 0 Å². The van der Waals surface area contributed by atoms with Crippen LogP contribution in [-0.2, 0) is 0 Å². The number of aromatic nitrogens is 4. The van der Waals surface area contributed by atoms with E-state index in [1.165, 1.54) is 5.56 Å². The Labute approximate surface area is 105 Å². The van der Waals surface area contributed by atoms with E-state index in [0.29, 0.717) is 0 Å². The maximum atomic E-state index is 4.36. The second kappa shape index (κ2) is 4.41. The van der Waals surface area contributed by atoms with Gasteiger partial charge in [-0.25, -0.2) is 9.97 Å². The molecule has 0 saturated heterocycles. The molecule has 18 heavy (non-hydrogen) atoms. The van der Waals surface area contributed by atoms with Crippen molar-refractivity contribution < 1.29 is 0 Å². The van der Waals surface area contributed by atoms with Crippen LogP contribution in [0.15, 0.2) is 55.1 Å². The molecule has 0 unspecified atom stereocenters. The number of imidazole rings is 1. The van der Waals surface area contributed by atoms with Crippen LogP contribution in [-0.4, -0.2) is 19.5 Å². The summed E-state index contributed by atoms with van der Waals surface area (Å²) in [4.78, 5) is 13.0. The molecule has 0 aliphatic heterocycles. The van der Waals surface area contributed by atoms with Crippen molar-refractivity contribution in [3.63, 3.8) is 0 Å². The Hall–Kier alpha value is -2.49. The van der Waals surface area contributed by atoms with Gasteiger partial charge in [-0.2, -0.15) is 0 Å². The SMILES string of the molecule is Cc1ccnc(-n2ccnc2-c2ccccn2)c1. The van der Waals surface area contributed by atoms with Gasteiger partial charge in [0.25, 0.3) is 0 Å². The van der Waals surface area contributed by atoms with Crippen LogP contribution in [0.4, 0.5) is 0 Å². The lowest BCUT2D eigenvalue weighted by molar-refractivity contribution is 0.988. The van der Waals surface area contributed by atoms with E-state index in [2.05, 4.69) is 15.0 Å². The summed E-state index contributed by atoms with van der Waals surface area (Å²) in [7, 11) is 0. The summed E-state index contributed by atoms with van der Waals surface area (Å²) in [6.45, 7) is 2.04. The second-order valence-electron chi connectivity index (χ2n) is 4.03. The van der Waals surface area contributed by atoms with E-state index in [-0.39, 0.29) is 0 Å². The van der Waals surface area contributed by atoms with Crippen molar-refractivity contribution in [3.05, 3.63) is 60.7 Å². The zero-order valence-corrected chi connectivity index (χ0v) is 9.99. The molecule has 0 fully saturated rings. The molecular formula is C14H12N4. The quantitative estimate of drug-likeness (QED) is 0.687. The van der Waals surface area contributed by atoms with Gasteiger partial charge in [0.2, 0.25) is 0 Å². The minimum Gasteiger partial charge on any atom is -0.283 e. The molecule has 0 radical (unpaired) electrons. The minimum atomic E-state index is 0.800. The Balaban J connectivity index is 2.13. The highest BCUT2D eigenvalue weighted by atomic mass is 15.1. The Morgan fingerprint density at radius 3 is 2.67 bits per heavy atom. The first kappa shape index (κ1) is 10.7. The fourth-order valence-electron chi connectivity index (χ4n) is 1.82. The van der Waals surface area contributed by atoms with Gasteiger partial charge in [0.05, 0.1) is 0 Å². The van der Waals surface area contributed by atoms with Gasteiger partial charge in [-0.15, -0.1) is 0 Å². The normalized spacial score (nSPS) is 10.5. The summed E-state index contributed by atoms with van der Waals surface area (Å²) < 4.78 is 1.94. The van der Waals surface area contributed by atoms with Crippen LogP contribution in [0.2, 0.25) is 0 Å². The molecule has 4 heteroatoms. The first-order chi connectivity index (χ1) is 8.84. The maximum absolute atomic E-state index is 4.36. The summed E-state index contributed by atoms with van der Waals surface area (Å²) in [5, 5.41) is 0. The molecule has 0 aliphatic rings. The van der Waals surface area contributed by atoms with Crippen molar-refractivity contribution in [2.45, 2.75) is 6.92 Å². The topological polar surface area (TPSA) is 43.6 Å². The van der Waals surface area contributed by atoms with Gasteiger partial charge in [0.15, 0.2) is 5.82 Å². The van der Waals surface area contributed by atoms with Crippen LogP contribution in [0.1, 0.15) is 5.56 Å². The summed E-state index contributed by atoms with van der Waals surface area (Å²) in [6, 6.07) is 9.77. The van der Waals surface area contributed by atoms with E-state index in [1.54, 1.807) is 18.6 Å². The highest BCUT2D eigenvalue weighted by Gasteiger charge is 2.08. The van der Waals surface area contributed by atoms with Gasteiger partial charge >= 0.3 is 0 Å². The molecular weight excluding hydrogens is 224 g/mol. The lowest BCUT2D eigenvalue weighted by Crippen LogP contribution is -2.00. The molecule has 0 amide bonds. The van der Waals surface area contributed by atoms with Crippen LogP contribution in [0.25, 0.3) is 17.3 Å². The summed E-state index contributed by atoms with van der Waals surface area (Å²) in [5.41, 5.74) is 2.01. The smallest absolute Gasteiger partial charge is 0.164 e. The lowest BCUT2D eigenvalue weighted by atomic mass is 10.3. The Morgan fingerprint density at radius 1 is 0.944 bits per heavy atom. The van der Waals surface area contributed by atoms with E-state index in [0.717, 1.165) is 17.3 Å². The van der Waals surface area contributed by atoms with E-state index in [1.807, 2.05) is 48.0 Å². The van der Waals surface area contributed by atoms with Crippen molar-refractivity contribution in [1.82, 2.24) is 19.5 Å². The average molecular weight is 236 g/mol. The van der Waals surface area contributed by atoms with Crippen molar-refractivity contribution in [2.75, 3.05) is 0 Å². The maximum Gasteiger partial charge on any atom is 0.164 e. The number of hydrogen-bond acceptors (Lipinski definition) is 3. The third-order valence-electron chi connectivity index (χ3n) is 2.68. The zero-order chi connectivity index (χ0) is 12.4. The standard InChI is InChI=1S/C14H12N4/c1-11-5-7-16-13(10-11)18-9-8-17-14(18)12-4-2-3-6-15-12/h2-10H,1H3. The molecule has 0 spiro atoms. The van der Waals surface area contributed by atoms with Crippen LogP contribution >= 0.6 is 0 Å². The van der Waals surface area contributed by atoms with E-state index in [9.17, 15) is 0 Å². The number of aryl methyl sites for hydroxylation is 1. The van der Waals surface area contributed by atoms with Crippen molar-refractivity contribution in [1.29, 1.82) is 0 Å². The molecule has 0 saturated carbocycles. The molecule has 3 aromatic heterocycles. The average Bonchev–Trinajstić information content (AvgIpc) is 2.89. The molecule has 88 valence electrons. The van der Waals surface area contributed by atoms with Gasteiger partial charge in [0, 0.05) is 24.8 Å². The fourth-order valence-corrected chi connectivity index (χ4v) is 1.82. The highest BCUT2D eigenvalue weighted by Crippen LogP contribution is 2.18. The van der Waals surface area contributed by atoms with E-state index < -0.39 is 0 Å². The molecule has 4 nitrogen and oxygen atoms in total. The molecule has 0 bridgehead atoms. The first-order valence-electron chi connectivity index (χ1n) is 5.72. The number of nitrogens with zero attached hydrogens (tertiary/aromatic N) is 4. The van der Waals surface area contributed by atoms with Crippen molar-refractivity contribution >= 4 is 0 Å². The Kier molecular flexibility index (Phi) is 2.61. The zero-order valence-electron chi connectivity index (χ0n) is 9.99. The monoisotopic (exact) mass is 236 g/mol. The third kappa shape index (κ3) is 1.88. The van der Waals surface area contributed by atoms with Gasteiger partial charge in [0.1, 0.15) is 11.5 Å². The predicted octanol–water partition coefficient (Wildman–Crippen LogP) is 2.64. The van der Waals surface area contributed by atoms with Crippen molar-refractivity contribution in [2.24, 2.45) is 0 Å². The fraction of sp³-hybridized carbons (Fsp3) is 0.0714. The molecule has 0 aliphatic carbocycles. The molecule has 0 atom stereocenters. The van der Waals surface area contributed by atoms with Gasteiger partial charge in [-0.1, -0.05) is 6.07 Å². The number of pyridine rings is 2. The largest absolute Gasteiger partial charge is 0.283 e. The summed E-state index contributed by atoms with van der Waals surface area (Å²) in [5.74, 6) is 1.65. The minimum absolute atomic E-state index is 0.800. The Bertz CT molecular complexity index is 658. The van der Waals surface area contributed by atoms with Crippen LogP contribution in [0, 0.1) is 6.92 Å². The Morgan fingerprint density at radius 2 is 1.89 bits per heavy atom. The predicted molar refractivity (Wildman–Crippen MR) is 69.3 cm³/mol. The van der Waals surface area contributed by atoms with E-state index in [4.69, 9.17) is 0 Å².